The molecular formula is C20H23N3O3. The van der Waals surface area contributed by atoms with Gasteiger partial charge in [-0.25, -0.2) is 0 Å². The maximum atomic E-state index is 11.6. The summed E-state index contributed by atoms with van der Waals surface area (Å²) in [5, 5.41) is 11.9. The first-order chi connectivity index (χ1) is 12.5. The van der Waals surface area contributed by atoms with Crippen LogP contribution in [0.25, 0.3) is 5.52 Å². The molecule has 2 heterocycles. The largest absolute Gasteiger partial charge is 0.480 e. The number of aromatic nitrogens is 1. The van der Waals surface area contributed by atoms with Crippen LogP contribution < -0.4 is 11.1 Å². The van der Waals surface area contributed by atoms with Crippen molar-refractivity contribution in [2.24, 2.45) is 5.73 Å². The van der Waals surface area contributed by atoms with Crippen molar-refractivity contribution in [3.05, 3.63) is 59.0 Å². The highest BCUT2D eigenvalue weighted by molar-refractivity contribution is 5.87. The smallest absolute Gasteiger partial charge is 0.322 e. The van der Waals surface area contributed by atoms with Crippen molar-refractivity contribution >= 4 is 23.1 Å². The molecule has 136 valence electrons. The molecule has 0 aliphatic heterocycles. The van der Waals surface area contributed by atoms with Crippen molar-refractivity contribution < 1.29 is 14.7 Å². The van der Waals surface area contributed by atoms with Crippen LogP contribution in [0, 0.1) is 6.92 Å². The molecule has 0 saturated carbocycles. The third kappa shape index (κ3) is 3.64. The van der Waals surface area contributed by atoms with Gasteiger partial charge in [-0.15, -0.1) is 0 Å². The Morgan fingerprint density at radius 1 is 1.35 bits per heavy atom. The number of hydrogen-bond acceptors (Lipinski definition) is 3. The number of rotatable bonds is 7. The van der Waals surface area contributed by atoms with Crippen molar-refractivity contribution in [3.8, 4) is 0 Å². The topological polar surface area (TPSA) is 96.8 Å². The molecule has 1 aliphatic carbocycles. The van der Waals surface area contributed by atoms with Crippen molar-refractivity contribution in [2.45, 2.75) is 32.6 Å². The second kappa shape index (κ2) is 7.47. The monoisotopic (exact) mass is 353 g/mol. The predicted molar refractivity (Wildman–Crippen MR) is 101 cm³/mol. The average Bonchev–Trinajstić information content (AvgIpc) is 2.86. The van der Waals surface area contributed by atoms with Gasteiger partial charge in [-0.2, -0.15) is 0 Å². The van der Waals surface area contributed by atoms with Gasteiger partial charge in [-0.05, 0) is 48.6 Å². The fourth-order valence-corrected chi connectivity index (χ4v) is 3.49. The molecule has 1 amide bonds. The molecule has 2 aromatic rings. The minimum Gasteiger partial charge on any atom is -0.480 e. The molecule has 0 spiro atoms. The number of carboxylic acid groups (broad SMARTS) is 1. The number of amides is 1. The van der Waals surface area contributed by atoms with E-state index >= 15 is 0 Å². The minimum absolute atomic E-state index is 0.121. The molecule has 0 atom stereocenters. The summed E-state index contributed by atoms with van der Waals surface area (Å²) in [6.07, 6.45) is 11.5. The highest BCUT2D eigenvalue weighted by atomic mass is 16.4. The van der Waals surface area contributed by atoms with E-state index in [-0.39, 0.29) is 13.0 Å². The van der Waals surface area contributed by atoms with Crippen molar-refractivity contribution in [1.82, 2.24) is 4.40 Å². The number of carboxylic acids is 1. The van der Waals surface area contributed by atoms with Gasteiger partial charge in [0.05, 0.1) is 17.6 Å². The standard InChI is InChI=1S/C20H23N3O3/c1-13-15(11-18(21)24)20-16(22-12-19(25)26)8-5-9-23(20)17(13)10-14-6-3-2-4-7-14/h3,5-9,22H,2,4,10-12H2,1H3,(H2,21,24)(H,25,26). The van der Waals surface area contributed by atoms with Gasteiger partial charge in [-0.3, -0.25) is 9.59 Å². The highest BCUT2D eigenvalue weighted by Gasteiger charge is 2.20. The Morgan fingerprint density at radius 3 is 2.81 bits per heavy atom. The first kappa shape index (κ1) is 17.8. The summed E-state index contributed by atoms with van der Waals surface area (Å²) in [6, 6.07) is 3.70. The molecule has 3 rings (SSSR count). The molecular weight excluding hydrogens is 330 g/mol. The lowest BCUT2D eigenvalue weighted by Gasteiger charge is -2.11. The van der Waals surface area contributed by atoms with Gasteiger partial charge in [0.25, 0.3) is 0 Å². The van der Waals surface area contributed by atoms with E-state index in [1.54, 1.807) is 0 Å². The number of allylic oxidation sites excluding steroid dienone is 4. The van der Waals surface area contributed by atoms with Crippen LogP contribution >= 0.6 is 0 Å². The van der Waals surface area contributed by atoms with Crippen LogP contribution in [0.5, 0.6) is 0 Å². The molecule has 26 heavy (non-hydrogen) atoms. The first-order valence-corrected chi connectivity index (χ1v) is 8.68. The first-order valence-electron chi connectivity index (χ1n) is 8.68. The zero-order valence-corrected chi connectivity index (χ0v) is 14.8. The summed E-state index contributed by atoms with van der Waals surface area (Å²) in [4.78, 5) is 22.6. The van der Waals surface area contributed by atoms with Crippen LogP contribution in [-0.2, 0) is 22.4 Å². The molecule has 6 heteroatoms. The molecule has 4 N–H and O–H groups in total. The fourth-order valence-electron chi connectivity index (χ4n) is 3.49. The van der Waals surface area contributed by atoms with E-state index < -0.39 is 11.9 Å². The van der Waals surface area contributed by atoms with Crippen molar-refractivity contribution in [2.75, 3.05) is 11.9 Å². The van der Waals surface area contributed by atoms with Gasteiger partial charge >= 0.3 is 5.97 Å². The van der Waals surface area contributed by atoms with Crippen molar-refractivity contribution in [1.29, 1.82) is 0 Å². The molecule has 1 aliphatic rings. The van der Waals surface area contributed by atoms with Crippen LogP contribution in [0.2, 0.25) is 0 Å². The number of fused-ring (bicyclic) bond motifs is 1. The summed E-state index contributed by atoms with van der Waals surface area (Å²) in [6.45, 7) is 1.80. The van der Waals surface area contributed by atoms with Gasteiger partial charge in [0.15, 0.2) is 0 Å². The van der Waals surface area contributed by atoms with E-state index in [1.807, 2.05) is 29.7 Å². The van der Waals surface area contributed by atoms with E-state index in [4.69, 9.17) is 10.8 Å². The number of primary amides is 1. The maximum Gasteiger partial charge on any atom is 0.322 e. The Labute approximate surface area is 152 Å². The summed E-state index contributed by atoms with van der Waals surface area (Å²) >= 11 is 0. The molecule has 0 unspecified atom stereocenters. The zero-order chi connectivity index (χ0) is 18.7. The van der Waals surface area contributed by atoms with Crippen LogP contribution in [0.3, 0.4) is 0 Å². The number of carbonyl (C=O) groups is 2. The van der Waals surface area contributed by atoms with E-state index in [0.29, 0.717) is 5.69 Å². The molecule has 0 bridgehead atoms. The summed E-state index contributed by atoms with van der Waals surface area (Å²) in [5.41, 5.74) is 11.2. The Bertz CT molecular complexity index is 922. The van der Waals surface area contributed by atoms with Gasteiger partial charge in [0.2, 0.25) is 5.91 Å². The van der Waals surface area contributed by atoms with E-state index in [9.17, 15) is 9.59 Å². The minimum atomic E-state index is -0.940. The number of nitrogens with one attached hydrogen (secondary N) is 1. The molecule has 0 fully saturated rings. The Kier molecular flexibility index (Phi) is 5.11. The number of anilines is 1. The Morgan fingerprint density at radius 2 is 2.15 bits per heavy atom. The van der Waals surface area contributed by atoms with Gasteiger partial charge in [-0.1, -0.05) is 18.2 Å². The molecule has 0 aromatic carbocycles. The van der Waals surface area contributed by atoms with Gasteiger partial charge in [0.1, 0.15) is 6.54 Å². The van der Waals surface area contributed by atoms with Crippen LogP contribution in [0.4, 0.5) is 5.69 Å². The van der Waals surface area contributed by atoms with E-state index in [1.165, 1.54) is 5.57 Å². The average molecular weight is 353 g/mol. The lowest BCUT2D eigenvalue weighted by atomic mass is 9.99. The summed E-state index contributed by atoms with van der Waals surface area (Å²) in [7, 11) is 0. The lowest BCUT2D eigenvalue weighted by Crippen LogP contribution is -2.15. The SMILES string of the molecule is Cc1c(CC(N)=O)c2c(NCC(=O)O)cccn2c1CC1=CCCC=C1. The van der Waals surface area contributed by atoms with Crippen LogP contribution in [-0.4, -0.2) is 27.9 Å². The number of nitrogens with two attached hydrogens (primary N) is 1. The number of nitrogens with zero attached hydrogens (tertiary/aromatic N) is 1. The van der Waals surface area contributed by atoms with Crippen molar-refractivity contribution in [3.63, 3.8) is 0 Å². The number of aliphatic carboxylic acids is 1. The Hall–Kier alpha value is -3.02. The number of hydrogen-bond donors (Lipinski definition) is 3. The fraction of sp³-hybridized carbons (Fsp3) is 0.300. The third-order valence-corrected chi connectivity index (χ3v) is 4.68. The maximum absolute atomic E-state index is 11.6. The Balaban J connectivity index is 2.12. The van der Waals surface area contributed by atoms with E-state index in [0.717, 1.165) is 41.6 Å². The molecule has 0 radical (unpaired) electrons. The van der Waals surface area contributed by atoms with E-state index in [2.05, 4.69) is 23.5 Å². The lowest BCUT2D eigenvalue weighted by molar-refractivity contribution is -0.135. The quantitative estimate of drug-likeness (QED) is 0.713. The second-order valence-electron chi connectivity index (χ2n) is 6.52. The number of carbonyl (C=O) groups excluding carboxylic acids is 1. The summed E-state index contributed by atoms with van der Waals surface area (Å²) in [5.74, 6) is -1.35. The predicted octanol–water partition coefficient (Wildman–Crippen LogP) is 2.59. The normalized spacial score (nSPS) is 13.7. The van der Waals surface area contributed by atoms with Gasteiger partial charge in [0, 0.05) is 18.3 Å². The second-order valence-corrected chi connectivity index (χ2v) is 6.52. The van der Waals surface area contributed by atoms with Gasteiger partial charge < -0.3 is 20.6 Å². The molecule has 2 aromatic heterocycles. The van der Waals surface area contributed by atoms with Crippen LogP contribution in [0.1, 0.15) is 29.7 Å². The zero-order valence-electron chi connectivity index (χ0n) is 14.8. The van der Waals surface area contributed by atoms with Crippen LogP contribution in [0.15, 0.2) is 42.1 Å². The number of pyridine rings is 1. The molecule has 0 saturated heterocycles. The summed E-state index contributed by atoms with van der Waals surface area (Å²) < 4.78 is 2.04. The highest BCUT2D eigenvalue weighted by Crippen LogP contribution is 2.31. The third-order valence-electron chi connectivity index (χ3n) is 4.68. The molecule has 6 nitrogen and oxygen atoms in total.